The first-order chi connectivity index (χ1) is 6.59. The molecule has 1 aliphatic rings. The Labute approximate surface area is 111 Å². The molecule has 15 heavy (non-hydrogen) atoms. The molecule has 0 amide bonds. The third-order valence-corrected chi connectivity index (χ3v) is 2.18. The Morgan fingerprint density at radius 3 is 2.20 bits per heavy atom. The van der Waals surface area contributed by atoms with Crippen LogP contribution >= 0.6 is 24.8 Å². The third kappa shape index (κ3) is 2.74. The van der Waals surface area contributed by atoms with Crippen LogP contribution in [0.3, 0.4) is 0 Å². The molecule has 1 aliphatic heterocycles. The second kappa shape index (κ2) is 4.55. The van der Waals surface area contributed by atoms with Crippen LogP contribution in [0.2, 0.25) is 0 Å². The number of hydrogen-bond acceptors (Lipinski definition) is 5. The van der Waals surface area contributed by atoms with Gasteiger partial charge in [-0.2, -0.15) is 0 Å². The van der Waals surface area contributed by atoms with E-state index in [2.05, 4.69) is 35.5 Å². The van der Waals surface area contributed by atoms with E-state index in [9.17, 15) is 0 Å². The smallest absolute Gasteiger partial charge is 0.310 e. The van der Waals surface area contributed by atoms with E-state index in [-0.39, 0.29) is 24.7 Å². The molecule has 7 heteroatoms. The van der Waals surface area contributed by atoms with E-state index in [1.165, 1.54) is 0 Å². The molecule has 0 fully saturated rings. The van der Waals surface area contributed by atoms with Crippen molar-refractivity contribution >= 4 is 41.4 Å². The fourth-order valence-corrected chi connectivity index (χ4v) is 1.82. The van der Waals surface area contributed by atoms with E-state index in [4.69, 9.17) is 10.5 Å². The molecule has 0 radical (unpaired) electrons. The Morgan fingerprint density at radius 1 is 1.33 bits per heavy atom. The quantitative estimate of drug-likeness (QED) is 0.272. The van der Waals surface area contributed by atoms with Crippen molar-refractivity contribution in [3.8, 4) is 0 Å². The maximum atomic E-state index is 5.27. The van der Waals surface area contributed by atoms with Crippen LogP contribution < -0.4 is 16.4 Å². The van der Waals surface area contributed by atoms with Crippen LogP contribution in [0.1, 0.15) is 0 Å². The summed E-state index contributed by atoms with van der Waals surface area (Å²) >= 11 is 8.89. The minimum atomic E-state index is -1.05. The SMILES string of the molecule is NC(=S)OC1(S)Nc2ccccc2N1.[Zn]. The first-order valence-corrected chi connectivity index (χ1v) is 4.81. The molecule has 1 aromatic rings. The number of thiocarbonyl (C=S) groups is 1. The number of thiol groups is 1. The molecule has 0 saturated carbocycles. The molecule has 2 rings (SSSR count). The average molecular weight is 293 g/mol. The zero-order valence-electron chi connectivity index (χ0n) is 7.86. The zero-order valence-corrected chi connectivity index (χ0v) is 12.5. The van der Waals surface area contributed by atoms with Gasteiger partial charge in [0.1, 0.15) is 0 Å². The van der Waals surface area contributed by atoms with Gasteiger partial charge in [0.15, 0.2) is 0 Å². The van der Waals surface area contributed by atoms with Crippen molar-refractivity contribution < 1.29 is 24.2 Å². The van der Waals surface area contributed by atoms with Gasteiger partial charge in [0, 0.05) is 19.5 Å². The molecule has 0 spiro atoms. The van der Waals surface area contributed by atoms with Crippen LogP contribution in [0.25, 0.3) is 0 Å². The van der Waals surface area contributed by atoms with E-state index in [1.807, 2.05) is 24.3 Å². The molecular formula is C8H9N3OS2Zn. The summed E-state index contributed by atoms with van der Waals surface area (Å²) in [7, 11) is 0. The summed E-state index contributed by atoms with van der Waals surface area (Å²) < 4.78 is 5.13. The number of ether oxygens (including phenoxy) is 1. The van der Waals surface area contributed by atoms with Crippen LogP contribution in [-0.2, 0) is 24.2 Å². The maximum Gasteiger partial charge on any atom is 0.310 e. The minimum absolute atomic E-state index is 0. The molecule has 4 nitrogen and oxygen atoms in total. The Balaban J connectivity index is 0.00000112. The fraction of sp³-hybridized carbons (Fsp3) is 0.125. The van der Waals surface area contributed by atoms with Crippen molar-refractivity contribution in [1.82, 2.24) is 0 Å². The van der Waals surface area contributed by atoms with Gasteiger partial charge in [-0.15, -0.1) is 0 Å². The minimum Gasteiger partial charge on any atom is -0.416 e. The van der Waals surface area contributed by atoms with Crippen molar-refractivity contribution in [2.45, 2.75) is 5.18 Å². The summed E-state index contributed by atoms with van der Waals surface area (Å²) in [6.45, 7) is 0. The molecule has 0 aromatic heterocycles. The first kappa shape index (κ1) is 12.6. The van der Waals surface area contributed by atoms with Gasteiger partial charge in [-0.1, -0.05) is 24.8 Å². The summed E-state index contributed by atoms with van der Waals surface area (Å²) in [6, 6.07) is 7.63. The molecule has 1 aromatic carbocycles. The van der Waals surface area contributed by atoms with Crippen LogP contribution in [0, 0.1) is 0 Å². The van der Waals surface area contributed by atoms with Crippen LogP contribution in [0.4, 0.5) is 11.4 Å². The first-order valence-electron chi connectivity index (χ1n) is 3.95. The molecule has 76 valence electrons. The molecule has 4 N–H and O–H groups in total. The van der Waals surface area contributed by atoms with Gasteiger partial charge in [-0.05, 0) is 24.4 Å². The zero-order chi connectivity index (χ0) is 10.2. The summed E-state index contributed by atoms with van der Waals surface area (Å²) in [5, 5.41) is 4.90. The fourth-order valence-electron chi connectivity index (χ4n) is 1.29. The van der Waals surface area contributed by atoms with Crippen LogP contribution in [0.15, 0.2) is 24.3 Å². The van der Waals surface area contributed by atoms with E-state index in [0.717, 1.165) is 11.4 Å². The monoisotopic (exact) mass is 291 g/mol. The Morgan fingerprint density at radius 2 is 1.80 bits per heavy atom. The van der Waals surface area contributed by atoms with Crippen molar-refractivity contribution in [3.05, 3.63) is 24.3 Å². The van der Waals surface area contributed by atoms with Crippen molar-refractivity contribution in [2.24, 2.45) is 5.73 Å². The van der Waals surface area contributed by atoms with Gasteiger partial charge in [0.25, 0.3) is 5.17 Å². The Kier molecular flexibility index (Phi) is 3.81. The van der Waals surface area contributed by atoms with Crippen molar-refractivity contribution in [1.29, 1.82) is 0 Å². The van der Waals surface area contributed by atoms with Gasteiger partial charge < -0.3 is 21.1 Å². The molecule has 0 saturated heterocycles. The molecule has 0 bridgehead atoms. The Hall–Kier alpha value is -0.517. The third-order valence-electron chi connectivity index (χ3n) is 1.78. The van der Waals surface area contributed by atoms with E-state index < -0.39 is 5.18 Å². The van der Waals surface area contributed by atoms with Gasteiger partial charge in [-0.3, -0.25) is 0 Å². The summed E-state index contributed by atoms with van der Waals surface area (Å²) in [5.74, 6) is 0. The number of hydrogen-bond donors (Lipinski definition) is 4. The summed E-state index contributed by atoms with van der Waals surface area (Å²) in [4.78, 5) is 0. The largest absolute Gasteiger partial charge is 0.416 e. The normalized spacial score (nSPS) is 15.3. The second-order valence-electron chi connectivity index (χ2n) is 2.86. The molecule has 0 unspecified atom stereocenters. The van der Waals surface area contributed by atoms with E-state index in [1.54, 1.807) is 0 Å². The predicted octanol–water partition coefficient (Wildman–Crippen LogP) is 1.32. The molecule has 0 atom stereocenters. The molecule has 1 heterocycles. The van der Waals surface area contributed by atoms with Gasteiger partial charge >= 0.3 is 5.18 Å². The van der Waals surface area contributed by atoms with Gasteiger partial charge in [-0.25, -0.2) is 0 Å². The standard InChI is InChI=1S/C8H9N3OS2.Zn/c9-7(13)12-8(14)10-5-3-1-2-4-6(5)11-8;/h1-4,10-11,14H,(H2,9,13);. The van der Waals surface area contributed by atoms with E-state index >= 15 is 0 Å². The van der Waals surface area contributed by atoms with Crippen molar-refractivity contribution in [2.75, 3.05) is 10.6 Å². The topological polar surface area (TPSA) is 59.3 Å². The predicted molar refractivity (Wildman–Crippen MR) is 63.3 cm³/mol. The van der Waals surface area contributed by atoms with Crippen LogP contribution in [-0.4, -0.2) is 10.4 Å². The molecule has 0 aliphatic carbocycles. The number of para-hydroxylation sites is 2. The van der Waals surface area contributed by atoms with Crippen molar-refractivity contribution in [3.63, 3.8) is 0 Å². The maximum absolute atomic E-state index is 5.27. The number of rotatable bonds is 1. The van der Waals surface area contributed by atoms with Gasteiger partial charge in [0.2, 0.25) is 0 Å². The average Bonchev–Trinajstić information content (AvgIpc) is 2.38. The number of nitrogens with two attached hydrogens (primary N) is 1. The number of fused-ring (bicyclic) bond motifs is 1. The number of benzene rings is 1. The van der Waals surface area contributed by atoms with Gasteiger partial charge in [0.05, 0.1) is 11.4 Å². The Bertz CT molecular complexity index is 363. The molecular weight excluding hydrogens is 284 g/mol. The summed E-state index contributed by atoms with van der Waals surface area (Å²) in [5.41, 5.74) is 7.08. The number of nitrogens with one attached hydrogen (secondary N) is 2. The van der Waals surface area contributed by atoms with Crippen LogP contribution in [0.5, 0.6) is 0 Å². The van der Waals surface area contributed by atoms with E-state index in [0.29, 0.717) is 0 Å². The number of anilines is 2. The summed E-state index contributed by atoms with van der Waals surface area (Å²) in [6.07, 6.45) is 0. The second-order valence-corrected chi connectivity index (χ2v) is 3.89.